The van der Waals surface area contributed by atoms with Crippen molar-refractivity contribution in [2.75, 3.05) is 37.6 Å². The van der Waals surface area contributed by atoms with Gasteiger partial charge in [0.1, 0.15) is 0 Å². The fourth-order valence-electron chi connectivity index (χ4n) is 7.60. The third-order valence-electron chi connectivity index (χ3n) is 9.19. The van der Waals surface area contributed by atoms with Crippen LogP contribution in [0.25, 0.3) is 11.1 Å². The molecule has 1 saturated heterocycles. The molecule has 2 aromatic rings. The van der Waals surface area contributed by atoms with Gasteiger partial charge in [0, 0.05) is 43.3 Å². The standard InChI is InChI=1S/C30H37N3O2/c34-29(20-31-30(35)26-18-22-14-21-15-24(16-22)25(17-21)19-26)33-12-10-32(11-13-33)28-9-5-4-8-27(28)23-6-2-1-3-7-23/h1-9,21-22,24-26H,10-20H2,(H,31,35). The first-order chi connectivity index (χ1) is 17.1. The van der Waals surface area contributed by atoms with E-state index >= 15 is 0 Å². The number of hydrogen-bond acceptors (Lipinski definition) is 3. The molecular weight excluding hydrogens is 434 g/mol. The first-order valence-corrected chi connectivity index (χ1v) is 13.6. The summed E-state index contributed by atoms with van der Waals surface area (Å²) in [6.07, 6.45) is 7.46. The Morgan fingerprint density at radius 1 is 0.743 bits per heavy atom. The number of fused-ring (bicyclic) bond motifs is 2. The second-order valence-corrected chi connectivity index (χ2v) is 11.3. The van der Waals surface area contributed by atoms with Crippen LogP contribution in [0.5, 0.6) is 0 Å². The molecule has 2 aromatic carbocycles. The summed E-state index contributed by atoms with van der Waals surface area (Å²) in [5.41, 5.74) is 3.66. The molecule has 184 valence electrons. The molecule has 0 aromatic heterocycles. The number of anilines is 1. The maximum Gasteiger partial charge on any atom is 0.242 e. The number of piperazine rings is 1. The predicted molar refractivity (Wildman–Crippen MR) is 139 cm³/mol. The fraction of sp³-hybridized carbons (Fsp3) is 0.533. The van der Waals surface area contributed by atoms with Crippen molar-refractivity contribution in [3.05, 3.63) is 54.6 Å². The molecule has 4 aliphatic rings. The number of nitrogens with one attached hydrogen (secondary N) is 1. The molecule has 1 aliphatic heterocycles. The molecule has 5 nitrogen and oxygen atoms in total. The van der Waals surface area contributed by atoms with E-state index in [0.717, 1.165) is 49.6 Å². The zero-order valence-electron chi connectivity index (χ0n) is 20.6. The van der Waals surface area contributed by atoms with Crippen molar-refractivity contribution in [3.8, 4) is 11.1 Å². The highest BCUT2D eigenvalue weighted by Crippen LogP contribution is 2.54. The minimum Gasteiger partial charge on any atom is -0.367 e. The molecule has 5 atom stereocenters. The lowest BCUT2D eigenvalue weighted by Gasteiger charge is -2.37. The Balaban J connectivity index is 1.02. The van der Waals surface area contributed by atoms with E-state index in [1.54, 1.807) is 0 Å². The van der Waals surface area contributed by atoms with Crippen molar-refractivity contribution in [2.24, 2.45) is 29.6 Å². The lowest BCUT2D eigenvalue weighted by atomic mass is 9.78. The van der Waals surface area contributed by atoms with Gasteiger partial charge >= 0.3 is 0 Å². The molecule has 1 N–H and O–H groups in total. The largest absolute Gasteiger partial charge is 0.367 e. The Hall–Kier alpha value is -2.82. The summed E-state index contributed by atoms with van der Waals surface area (Å²) in [5.74, 6) is 3.52. The van der Waals surface area contributed by atoms with Gasteiger partial charge in [-0.2, -0.15) is 0 Å². The van der Waals surface area contributed by atoms with Crippen LogP contribution in [-0.2, 0) is 9.59 Å². The van der Waals surface area contributed by atoms with Gasteiger partial charge in [-0.25, -0.2) is 0 Å². The highest BCUT2D eigenvalue weighted by molar-refractivity contribution is 5.86. The molecular formula is C30H37N3O2. The van der Waals surface area contributed by atoms with Gasteiger partial charge in [-0.1, -0.05) is 48.5 Å². The third kappa shape index (κ3) is 4.70. The van der Waals surface area contributed by atoms with Crippen molar-refractivity contribution in [3.63, 3.8) is 0 Å². The summed E-state index contributed by atoms with van der Waals surface area (Å²) < 4.78 is 0. The van der Waals surface area contributed by atoms with Gasteiger partial charge in [-0.05, 0) is 73.8 Å². The molecule has 0 radical (unpaired) electrons. The highest BCUT2D eigenvalue weighted by Gasteiger charge is 2.45. The molecule has 1 heterocycles. The zero-order valence-corrected chi connectivity index (χ0v) is 20.6. The van der Waals surface area contributed by atoms with Crippen LogP contribution in [0.3, 0.4) is 0 Å². The first kappa shape index (κ1) is 22.6. The SMILES string of the molecule is O=C(NCC(=O)N1CCN(c2ccccc2-c2ccccc2)CC1)C1CC2CC3CC(C2)C(C3)C1. The van der Waals surface area contributed by atoms with E-state index in [-0.39, 0.29) is 24.3 Å². The van der Waals surface area contributed by atoms with Gasteiger partial charge in [-0.3, -0.25) is 9.59 Å². The van der Waals surface area contributed by atoms with Gasteiger partial charge in [0.25, 0.3) is 0 Å². The van der Waals surface area contributed by atoms with Crippen LogP contribution in [-0.4, -0.2) is 49.4 Å². The number of carbonyl (C=O) groups is 2. The average Bonchev–Trinajstić information content (AvgIpc) is 3.11. The van der Waals surface area contributed by atoms with E-state index in [1.165, 1.54) is 42.5 Å². The Morgan fingerprint density at radius 3 is 2.17 bits per heavy atom. The molecule has 3 bridgehead atoms. The molecule has 2 amide bonds. The Kier molecular flexibility index (Phi) is 6.26. The summed E-state index contributed by atoms with van der Waals surface area (Å²) in [4.78, 5) is 30.2. The summed E-state index contributed by atoms with van der Waals surface area (Å²) in [6.45, 7) is 3.12. The molecule has 5 unspecified atom stereocenters. The number of amides is 2. The second kappa shape index (κ2) is 9.67. The van der Waals surface area contributed by atoms with E-state index in [9.17, 15) is 9.59 Å². The Labute approximate surface area is 208 Å². The van der Waals surface area contributed by atoms with Crippen molar-refractivity contribution in [1.82, 2.24) is 10.2 Å². The van der Waals surface area contributed by atoms with Crippen LogP contribution in [0.1, 0.15) is 38.5 Å². The van der Waals surface area contributed by atoms with Crippen molar-refractivity contribution < 1.29 is 9.59 Å². The minimum atomic E-state index is 0.0467. The van der Waals surface area contributed by atoms with Crippen molar-refractivity contribution in [2.45, 2.75) is 38.5 Å². The highest BCUT2D eigenvalue weighted by atomic mass is 16.2. The molecule has 3 saturated carbocycles. The quantitative estimate of drug-likeness (QED) is 0.695. The van der Waals surface area contributed by atoms with Crippen LogP contribution < -0.4 is 10.2 Å². The predicted octanol–water partition coefficient (Wildman–Crippen LogP) is 4.58. The zero-order chi connectivity index (χ0) is 23.8. The van der Waals surface area contributed by atoms with E-state index in [4.69, 9.17) is 0 Å². The topological polar surface area (TPSA) is 52.7 Å². The maximum atomic E-state index is 13.0. The number of nitrogens with zero attached hydrogens (tertiary/aromatic N) is 2. The maximum absolute atomic E-state index is 13.0. The summed E-state index contributed by atoms with van der Waals surface area (Å²) in [6, 6.07) is 19.0. The summed E-state index contributed by atoms with van der Waals surface area (Å²) in [5, 5.41) is 3.02. The third-order valence-corrected chi connectivity index (χ3v) is 9.19. The first-order valence-electron chi connectivity index (χ1n) is 13.6. The number of rotatable bonds is 5. The molecule has 3 aliphatic carbocycles. The van der Waals surface area contributed by atoms with Gasteiger partial charge in [0.05, 0.1) is 6.54 Å². The number of para-hydroxylation sites is 1. The normalized spacial score (nSPS) is 29.7. The lowest BCUT2D eigenvalue weighted by molar-refractivity contribution is -0.134. The number of carbonyl (C=O) groups excluding carboxylic acids is 2. The van der Waals surface area contributed by atoms with E-state index in [2.05, 4.69) is 58.7 Å². The smallest absolute Gasteiger partial charge is 0.242 e. The van der Waals surface area contributed by atoms with Gasteiger partial charge in [-0.15, -0.1) is 0 Å². The van der Waals surface area contributed by atoms with E-state index in [1.807, 2.05) is 11.0 Å². The van der Waals surface area contributed by atoms with Crippen LogP contribution in [0.4, 0.5) is 5.69 Å². The minimum absolute atomic E-state index is 0.0467. The van der Waals surface area contributed by atoms with Crippen molar-refractivity contribution in [1.29, 1.82) is 0 Å². The Morgan fingerprint density at radius 2 is 1.40 bits per heavy atom. The van der Waals surface area contributed by atoms with E-state index in [0.29, 0.717) is 13.1 Å². The number of hydrogen-bond donors (Lipinski definition) is 1. The summed E-state index contributed by atoms with van der Waals surface area (Å²) in [7, 11) is 0. The monoisotopic (exact) mass is 471 g/mol. The van der Waals surface area contributed by atoms with Gasteiger partial charge < -0.3 is 15.1 Å². The van der Waals surface area contributed by atoms with Crippen molar-refractivity contribution >= 4 is 17.5 Å². The molecule has 6 rings (SSSR count). The van der Waals surface area contributed by atoms with Gasteiger partial charge in [0.15, 0.2) is 0 Å². The Bertz CT molecular complexity index is 1060. The fourth-order valence-corrected chi connectivity index (χ4v) is 7.60. The molecule has 4 fully saturated rings. The van der Waals surface area contributed by atoms with Crippen LogP contribution in [0.2, 0.25) is 0 Å². The van der Waals surface area contributed by atoms with Crippen LogP contribution in [0, 0.1) is 29.6 Å². The van der Waals surface area contributed by atoms with Crippen LogP contribution >= 0.6 is 0 Å². The molecule has 5 heteroatoms. The molecule has 35 heavy (non-hydrogen) atoms. The van der Waals surface area contributed by atoms with Crippen LogP contribution in [0.15, 0.2) is 54.6 Å². The van der Waals surface area contributed by atoms with Gasteiger partial charge in [0.2, 0.25) is 11.8 Å². The second-order valence-electron chi connectivity index (χ2n) is 11.3. The summed E-state index contributed by atoms with van der Waals surface area (Å²) >= 11 is 0. The molecule has 0 spiro atoms. The average molecular weight is 472 g/mol. The van der Waals surface area contributed by atoms with E-state index < -0.39 is 0 Å². The lowest BCUT2D eigenvalue weighted by Crippen LogP contribution is -2.51. The number of benzene rings is 2.